The van der Waals surface area contributed by atoms with Gasteiger partial charge in [0.1, 0.15) is 60.1 Å². The summed E-state index contributed by atoms with van der Waals surface area (Å²) in [5.41, 5.74) is 11.7. The molecule has 0 bridgehead atoms. The molecule has 17 N–H and O–H groups in total. The standard InChI is InChI=1S/C46H72N12O16S4/c1-20(2)12-26(52-38(65)25(47)10-11-35(62)63)40(67)56-31(18-77)44(71)57-30(17-76)43(70)54-28(14-33(48)60)41(68)58-36(21(3)4)45(72)50-22(5)37(64)55-29(16-75)42(69)53-27(13-23-6-8-24(59)9-7-23)39(66)49-15-34(61)51-32(19-78)46(73)74/h6-9,20-22,25-32,36,59,75-78H,10-19,47H2,1-5H3,(H2,48,60)(H,49,66)(H,50,72)(H,51,61)(H,52,65)(H,53,69)(H,54,70)(H,55,64)(H,56,67)(H,57,71)(H,58,68)(H,62,63)(H,73,74)/t22-,25-,26-,27-,28-,29-,30-,31-,32-,36-/m0/s1. The summed E-state index contributed by atoms with van der Waals surface area (Å²) in [6.07, 6.45) is -1.52. The highest BCUT2D eigenvalue weighted by atomic mass is 32.1. The summed E-state index contributed by atoms with van der Waals surface area (Å²) in [6.45, 7) is 7.09. The summed E-state index contributed by atoms with van der Waals surface area (Å²) >= 11 is 16.3. The SMILES string of the molecule is CC(C)C[C@H](NC(=O)[C@@H](N)CCC(=O)O)C(=O)N[C@@H](CS)C(=O)N[C@@H](CS)C(=O)N[C@@H](CC(N)=O)C(=O)N[C@H](C(=O)N[C@@H](C)C(=O)N[C@@H](CS)C(=O)N[C@@H](Cc1ccc(O)cc1)C(=O)NCC(=O)N[C@@H](CS)C(=O)O)C(C)C. The molecule has 1 aromatic carbocycles. The van der Waals surface area contributed by atoms with Crippen LogP contribution < -0.4 is 64.6 Å². The van der Waals surface area contributed by atoms with Gasteiger partial charge in [-0.25, -0.2) is 4.79 Å². The summed E-state index contributed by atoms with van der Waals surface area (Å²) < 4.78 is 0. The van der Waals surface area contributed by atoms with E-state index in [-0.39, 0.29) is 48.2 Å². The van der Waals surface area contributed by atoms with Crippen LogP contribution in [0.2, 0.25) is 0 Å². The smallest absolute Gasteiger partial charge is 0.327 e. The Morgan fingerprint density at radius 3 is 1.42 bits per heavy atom. The molecule has 10 atom stereocenters. The molecule has 28 nitrogen and oxygen atoms in total. The minimum Gasteiger partial charge on any atom is -0.508 e. The number of benzene rings is 1. The predicted octanol–water partition coefficient (Wildman–Crippen LogP) is -4.99. The lowest BCUT2D eigenvalue weighted by Gasteiger charge is -2.28. The fraction of sp³-hybridized carbons (Fsp3) is 0.587. The Morgan fingerprint density at radius 1 is 0.526 bits per heavy atom. The quantitative estimate of drug-likeness (QED) is 0.0283. The van der Waals surface area contributed by atoms with Gasteiger partial charge < -0.3 is 80.0 Å². The molecule has 0 fully saturated rings. The van der Waals surface area contributed by atoms with Gasteiger partial charge >= 0.3 is 11.9 Å². The van der Waals surface area contributed by atoms with Gasteiger partial charge in [-0.05, 0) is 49.3 Å². The third kappa shape index (κ3) is 25.3. The molecular weight excluding hydrogens is 1100 g/mol. The highest BCUT2D eigenvalue weighted by Gasteiger charge is 2.35. The molecule has 78 heavy (non-hydrogen) atoms. The van der Waals surface area contributed by atoms with Crippen molar-refractivity contribution in [1.82, 2.24) is 53.2 Å². The molecular formula is C46H72N12O16S4. The van der Waals surface area contributed by atoms with Gasteiger partial charge in [-0.3, -0.25) is 57.5 Å². The lowest BCUT2D eigenvalue weighted by molar-refractivity contribution is -0.141. The molecule has 32 heteroatoms. The van der Waals surface area contributed by atoms with Crippen LogP contribution in [0.25, 0.3) is 0 Å². The molecule has 0 spiro atoms. The average Bonchev–Trinajstić information content (AvgIpc) is 3.36. The van der Waals surface area contributed by atoms with Crippen molar-refractivity contribution in [2.24, 2.45) is 23.3 Å². The number of hydrogen-bond donors (Lipinski definition) is 19. The number of aromatic hydroxyl groups is 1. The summed E-state index contributed by atoms with van der Waals surface area (Å²) in [5, 5.41) is 51.7. The van der Waals surface area contributed by atoms with Gasteiger partial charge in [0.05, 0.1) is 19.0 Å². The average molecular weight is 1180 g/mol. The van der Waals surface area contributed by atoms with E-state index in [4.69, 9.17) is 16.6 Å². The summed E-state index contributed by atoms with van der Waals surface area (Å²) in [5.74, 6) is -15.2. The number of carboxylic acid groups (broad SMARTS) is 2. The minimum atomic E-state index is -1.75. The number of primary amides is 1. The second-order valence-corrected chi connectivity index (χ2v) is 19.9. The first-order chi connectivity index (χ1) is 36.5. The fourth-order valence-corrected chi connectivity index (χ4v) is 7.75. The van der Waals surface area contributed by atoms with Crippen molar-refractivity contribution in [1.29, 1.82) is 0 Å². The third-order valence-electron chi connectivity index (χ3n) is 11.1. The van der Waals surface area contributed by atoms with E-state index in [1.807, 2.05) is 0 Å². The Bertz CT molecular complexity index is 2300. The molecule has 1 rings (SSSR count). The maximum Gasteiger partial charge on any atom is 0.327 e. The summed E-state index contributed by atoms with van der Waals surface area (Å²) in [4.78, 5) is 168. The Balaban J connectivity index is 3.14. The van der Waals surface area contributed by atoms with Gasteiger partial charge in [0.2, 0.25) is 65.0 Å². The largest absolute Gasteiger partial charge is 0.508 e. The van der Waals surface area contributed by atoms with Crippen molar-refractivity contribution >= 4 is 127 Å². The zero-order valence-corrected chi connectivity index (χ0v) is 47.0. The summed E-state index contributed by atoms with van der Waals surface area (Å²) in [7, 11) is 0. The van der Waals surface area contributed by atoms with Crippen LogP contribution in [0.3, 0.4) is 0 Å². The molecule has 0 aliphatic rings. The monoisotopic (exact) mass is 1180 g/mol. The third-order valence-corrected chi connectivity index (χ3v) is 12.5. The molecule has 0 unspecified atom stereocenters. The first-order valence-electron chi connectivity index (χ1n) is 24.2. The van der Waals surface area contributed by atoms with E-state index < -0.39 is 168 Å². The fourth-order valence-electron chi connectivity index (χ4n) is 6.73. The topological polar surface area (TPSA) is 455 Å². The van der Waals surface area contributed by atoms with Crippen LogP contribution in [0.5, 0.6) is 5.75 Å². The first kappa shape index (κ1) is 69.5. The van der Waals surface area contributed by atoms with Crippen molar-refractivity contribution in [2.75, 3.05) is 29.6 Å². The Labute approximate surface area is 471 Å². The molecule has 436 valence electrons. The molecule has 1 aromatic rings. The Morgan fingerprint density at radius 2 is 0.974 bits per heavy atom. The van der Waals surface area contributed by atoms with Crippen LogP contribution >= 0.6 is 50.5 Å². The van der Waals surface area contributed by atoms with Gasteiger partial charge in [-0.15, -0.1) is 0 Å². The van der Waals surface area contributed by atoms with Gasteiger partial charge in [-0.2, -0.15) is 50.5 Å². The van der Waals surface area contributed by atoms with E-state index in [0.717, 1.165) is 0 Å². The van der Waals surface area contributed by atoms with E-state index in [2.05, 4.69) is 104 Å². The number of carbonyl (C=O) groups is 13. The van der Waals surface area contributed by atoms with Gasteiger partial charge in [-0.1, -0.05) is 39.8 Å². The Kier molecular flexibility index (Phi) is 31.3. The van der Waals surface area contributed by atoms with Crippen molar-refractivity contribution in [3.63, 3.8) is 0 Å². The van der Waals surface area contributed by atoms with E-state index in [9.17, 15) is 72.5 Å². The number of aliphatic carboxylic acids is 2. The van der Waals surface area contributed by atoms with Crippen LogP contribution in [-0.2, 0) is 68.7 Å². The molecule has 0 aliphatic heterocycles. The zero-order valence-electron chi connectivity index (χ0n) is 43.4. The number of thiol groups is 4. The van der Waals surface area contributed by atoms with Crippen LogP contribution in [0.15, 0.2) is 24.3 Å². The Hall–Kier alpha value is -6.51. The minimum absolute atomic E-state index is 0.0850. The molecule has 0 radical (unpaired) electrons. The number of hydrogen-bond acceptors (Lipinski definition) is 19. The number of phenolic OH excluding ortho intramolecular Hbond substituents is 1. The van der Waals surface area contributed by atoms with Crippen LogP contribution in [0.4, 0.5) is 0 Å². The molecule has 0 aromatic heterocycles. The number of carbonyl (C=O) groups excluding carboxylic acids is 11. The molecule has 0 aliphatic carbocycles. The van der Waals surface area contributed by atoms with Gasteiger partial charge in [0.25, 0.3) is 0 Å². The molecule has 0 saturated carbocycles. The number of rotatable bonds is 35. The highest BCUT2D eigenvalue weighted by Crippen LogP contribution is 2.13. The van der Waals surface area contributed by atoms with E-state index in [1.165, 1.54) is 45.0 Å². The van der Waals surface area contributed by atoms with Gasteiger partial charge in [0, 0.05) is 35.9 Å². The first-order valence-corrected chi connectivity index (χ1v) is 26.7. The van der Waals surface area contributed by atoms with Crippen LogP contribution in [0.1, 0.15) is 65.9 Å². The van der Waals surface area contributed by atoms with Gasteiger partial charge in [0.15, 0.2) is 0 Å². The van der Waals surface area contributed by atoms with Crippen LogP contribution in [-0.4, -0.2) is 182 Å². The molecule has 0 heterocycles. The lowest BCUT2D eigenvalue weighted by Crippen LogP contribution is -2.61. The van der Waals surface area contributed by atoms with Crippen LogP contribution in [0, 0.1) is 11.8 Å². The molecule has 0 saturated heterocycles. The summed E-state index contributed by atoms with van der Waals surface area (Å²) in [6, 6.07) is -8.63. The number of nitrogens with one attached hydrogen (secondary N) is 10. The van der Waals surface area contributed by atoms with E-state index in [0.29, 0.717) is 5.56 Å². The highest BCUT2D eigenvalue weighted by molar-refractivity contribution is 7.80. The van der Waals surface area contributed by atoms with Crippen molar-refractivity contribution < 1.29 is 77.6 Å². The number of amides is 11. The normalized spacial score (nSPS) is 14.9. The zero-order chi connectivity index (χ0) is 59.6. The molecule has 11 amide bonds. The van der Waals surface area contributed by atoms with Crippen molar-refractivity contribution in [2.45, 2.75) is 127 Å². The number of carboxylic acids is 2. The predicted molar refractivity (Wildman–Crippen MR) is 294 cm³/mol. The number of nitrogens with two attached hydrogens (primary N) is 2. The number of phenols is 1. The van der Waals surface area contributed by atoms with Crippen molar-refractivity contribution in [3.8, 4) is 5.75 Å². The van der Waals surface area contributed by atoms with E-state index >= 15 is 0 Å². The maximum absolute atomic E-state index is 13.7. The maximum atomic E-state index is 13.7. The van der Waals surface area contributed by atoms with E-state index in [1.54, 1.807) is 13.8 Å². The van der Waals surface area contributed by atoms with Crippen molar-refractivity contribution in [3.05, 3.63) is 29.8 Å². The lowest BCUT2D eigenvalue weighted by atomic mass is 10.0. The second kappa shape index (κ2) is 35.1. The second-order valence-electron chi connectivity index (χ2n) is 18.4.